The van der Waals surface area contributed by atoms with E-state index in [9.17, 15) is 14.9 Å². The Kier molecular flexibility index (Phi) is 3.78. The van der Waals surface area contributed by atoms with Gasteiger partial charge < -0.3 is 15.0 Å². The van der Waals surface area contributed by atoms with E-state index in [-0.39, 0.29) is 23.7 Å². The molecule has 1 aromatic rings. The second-order valence-corrected chi connectivity index (χ2v) is 6.12. The zero-order valence-electron chi connectivity index (χ0n) is 12.1. The second kappa shape index (κ2) is 5.22. The average Bonchev–Trinajstić information content (AvgIpc) is 2.81. The number of carbonyl (C=O) groups excluding carboxylic acids is 1. The summed E-state index contributed by atoms with van der Waals surface area (Å²) in [5.74, 6) is 0.311. The first-order valence-electron chi connectivity index (χ1n) is 6.75. The van der Waals surface area contributed by atoms with Crippen LogP contribution in [0.5, 0.6) is 0 Å². The average molecular weight is 280 g/mol. The van der Waals surface area contributed by atoms with E-state index in [0.717, 1.165) is 19.5 Å². The third kappa shape index (κ3) is 2.97. The van der Waals surface area contributed by atoms with Crippen molar-refractivity contribution in [2.75, 3.05) is 13.1 Å². The minimum Gasteiger partial charge on any atom is -0.358 e. The quantitative estimate of drug-likeness (QED) is 0.623. The summed E-state index contributed by atoms with van der Waals surface area (Å²) >= 11 is 0. The molecule has 7 nitrogen and oxygen atoms in total. The molecule has 0 saturated carbocycles. The van der Waals surface area contributed by atoms with Crippen LogP contribution >= 0.6 is 0 Å². The molecule has 110 valence electrons. The van der Waals surface area contributed by atoms with E-state index < -0.39 is 4.92 Å². The molecule has 0 aliphatic carbocycles. The molecular weight excluding hydrogens is 260 g/mol. The van der Waals surface area contributed by atoms with Gasteiger partial charge in [0.25, 0.3) is 0 Å². The molecule has 1 saturated heterocycles. The van der Waals surface area contributed by atoms with Crippen LogP contribution in [0.4, 0.5) is 5.82 Å². The van der Waals surface area contributed by atoms with Gasteiger partial charge in [-0.2, -0.15) is 4.68 Å². The zero-order valence-corrected chi connectivity index (χ0v) is 12.1. The lowest BCUT2D eigenvalue weighted by molar-refractivity contribution is -0.389. The number of hydrogen-bond acceptors (Lipinski definition) is 4. The van der Waals surface area contributed by atoms with Crippen LogP contribution < -0.4 is 0 Å². The second-order valence-electron chi connectivity index (χ2n) is 6.12. The van der Waals surface area contributed by atoms with Gasteiger partial charge in [0.1, 0.15) is 6.54 Å². The molecule has 1 aliphatic heterocycles. The topological polar surface area (TPSA) is 81.3 Å². The fourth-order valence-corrected chi connectivity index (χ4v) is 2.45. The Labute approximate surface area is 117 Å². The summed E-state index contributed by atoms with van der Waals surface area (Å²) in [6, 6.07) is 1.30. The van der Waals surface area contributed by atoms with E-state index >= 15 is 0 Å². The fourth-order valence-electron chi connectivity index (χ4n) is 2.45. The van der Waals surface area contributed by atoms with Crippen LogP contribution in [-0.2, 0) is 11.3 Å². The van der Waals surface area contributed by atoms with Crippen LogP contribution in [0, 0.1) is 21.4 Å². The van der Waals surface area contributed by atoms with Crippen molar-refractivity contribution < 1.29 is 9.72 Å². The first kappa shape index (κ1) is 14.5. The van der Waals surface area contributed by atoms with Gasteiger partial charge in [0.2, 0.25) is 5.91 Å². The highest BCUT2D eigenvalue weighted by atomic mass is 16.6. The van der Waals surface area contributed by atoms with Crippen molar-refractivity contribution >= 4 is 11.7 Å². The van der Waals surface area contributed by atoms with Gasteiger partial charge >= 0.3 is 5.82 Å². The molecule has 0 N–H and O–H groups in total. The number of aromatic nitrogens is 2. The van der Waals surface area contributed by atoms with Crippen LogP contribution in [0.1, 0.15) is 27.2 Å². The van der Waals surface area contributed by atoms with Crippen molar-refractivity contribution in [3.05, 3.63) is 22.4 Å². The SMILES string of the molecule is CC1CCN(C(=O)Cn2ccc([N+](=O)[O-])n2)CC1(C)C. The van der Waals surface area contributed by atoms with E-state index in [0.29, 0.717) is 5.92 Å². The minimum atomic E-state index is -0.563. The summed E-state index contributed by atoms with van der Waals surface area (Å²) in [6.45, 7) is 8.05. The lowest BCUT2D eigenvalue weighted by Gasteiger charge is -2.42. The molecule has 1 atom stereocenters. The van der Waals surface area contributed by atoms with Gasteiger partial charge in [-0.05, 0) is 22.7 Å². The summed E-state index contributed by atoms with van der Waals surface area (Å²) in [5.41, 5.74) is 0.101. The molecule has 1 fully saturated rings. The Balaban J connectivity index is 1.99. The normalized spacial score (nSPS) is 21.8. The molecule has 0 spiro atoms. The van der Waals surface area contributed by atoms with E-state index in [4.69, 9.17) is 0 Å². The molecule has 1 aliphatic rings. The number of likely N-dealkylation sites (tertiary alicyclic amines) is 1. The lowest BCUT2D eigenvalue weighted by Crippen LogP contribution is -2.48. The van der Waals surface area contributed by atoms with Crippen LogP contribution in [0.25, 0.3) is 0 Å². The first-order chi connectivity index (χ1) is 9.29. The molecule has 0 radical (unpaired) electrons. The number of rotatable bonds is 3. The molecule has 20 heavy (non-hydrogen) atoms. The summed E-state index contributed by atoms with van der Waals surface area (Å²) in [6.07, 6.45) is 2.45. The third-order valence-corrected chi connectivity index (χ3v) is 4.23. The molecule has 0 aromatic carbocycles. The van der Waals surface area contributed by atoms with Gasteiger partial charge in [-0.1, -0.05) is 20.8 Å². The minimum absolute atomic E-state index is 0.0389. The summed E-state index contributed by atoms with van der Waals surface area (Å²) in [4.78, 5) is 24.1. The maximum atomic E-state index is 12.2. The Morgan fingerprint density at radius 2 is 2.30 bits per heavy atom. The van der Waals surface area contributed by atoms with E-state index in [2.05, 4.69) is 25.9 Å². The predicted molar refractivity (Wildman–Crippen MR) is 73.0 cm³/mol. The molecule has 0 bridgehead atoms. The molecule has 7 heteroatoms. The summed E-state index contributed by atoms with van der Waals surface area (Å²) < 4.78 is 1.32. The fraction of sp³-hybridized carbons (Fsp3) is 0.692. The summed E-state index contributed by atoms with van der Waals surface area (Å²) in [5, 5.41) is 14.3. The zero-order chi connectivity index (χ0) is 14.9. The molecule has 1 unspecified atom stereocenters. The Morgan fingerprint density at radius 1 is 1.60 bits per heavy atom. The van der Waals surface area contributed by atoms with Crippen LogP contribution in [0.2, 0.25) is 0 Å². The van der Waals surface area contributed by atoms with Crippen molar-refractivity contribution in [2.45, 2.75) is 33.7 Å². The van der Waals surface area contributed by atoms with Crippen LogP contribution in [-0.4, -0.2) is 38.6 Å². The van der Waals surface area contributed by atoms with Crippen molar-refractivity contribution in [1.29, 1.82) is 0 Å². The van der Waals surface area contributed by atoms with E-state index in [1.165, 1.54) is 16.9 Å². The standard InChI is InChI=1S/C13H20N4O3/c1-10-4-6-15(9-13(10,2)3)12(18)8-16-7-5-11(14-16)17(19)20/h5,7,10H,4,6,8-9H2,1-3H3. The van der Waals surface area contributed by atoms with E-state index in [1.807, 2.05) is 4.90 Å². The number of piperidine rings is 1. The van der Waals surface area contributed by atoms with Crippen molar-refractivity contribution in [1.82, 2.24) is 14.7 Å². The van der Waals surface area contributed by atoms with Gasteiger partial charge in [0, 0.05) is 13.1 Å². The highest BCUT2D eigenvalue weighted by Gasteiger charge is 2.35. The monoisotopic (exact) mass is 280 g/mol. The van der Waals surface area contributed by atoms with Crippen LogP contribution in [0.3, 0.4) is 0 Å². The first-order valence-corrected chi connectivity index (χ1v) is 6.75. The van der Waals surface area contributed by atoms with Crippen molar-refractivity contribution in [2.24, 2.45) is 11.3 Å². The molecular formula is C13H20N4O3. The Bertz CT molecular complexity index is 523. The molecule has 2 rings (SSSR count). The van der Waals surface area contributed by atoms with Crippen molar-refractivity contribution in [3.63, 3.8) is 0 Å². The smallest absolute Gasteiger partial charge is 0.358 e. The summed E-state index contributed by atoms with van der Waals surface area (Å²) in [7, 11) is 0. The molecule has 1 aromatic heterocycles. The number of hydrogen-bond donors (Lipinski definition) is 0. The Hall–Kier alpha value is -1.92. The predicted octanol–water partition coefficient (Wildman–Crippen LogP) is 1.69. The number of nitro groups is 1. The highest BCUT2D eigenvalue weighted by molar-refractivity contribution is 5.76. The van der Waals surface area contributed by atoms with Gasteiger partial charge in [-0.3, -0.25) is 4.79 Å². The van der Waals surface area contributed by atoms with Gasteiger partial charge in [0.05, 0.1) is 17.4 Å². The number of carbonyl (C=O) groups is 1. The maximum Gasteiger partial charge on any atom is 0.389 e. The van der Waals surface area contributed by atoms with Crippen molar-refractivity contribution in [3.8, 4) is 0 Å². The number of amides is 1. The lowest BCUT2D eigenvalue weighted by atomic mass is 9.75. The molecule has 1 amide bonds. The van der Waals surface area contributed by atoms with E-state index in [1.54, 1.807) is 0 Å². The third-order valence-electron chi connectivity index (χ3n) is 4.23. The molecule has 2 heterocycles. The Morgan fingerprint density at radius 3 is 2.85 bits per heavy atom. The van der Waals surface area contributed by atoms with Crippen LogP contribution in [0.15, 0.2) is 12.3 Å². The number of nitrogens with zero attached hydrogens (tertiary/aromatic N) is 4. The van der Waals surface area contributed by atoms with Gasteiger partial charge in [-0.15, -0.1) is 0 Å². The largest absolute Gasteiger partial charge is 0.389 e. The van der Waals surface area contributed by atoms with Gasteiger partial charge in [-0.25, -0.2) is 0 Å². The highest BCUT2D eigenvalue weighted by Crippen LogP contribution is 2.34. The van der Waals surface area contributed by atoms with Gasteiger partial charge in [0.15, 0.2) is 0 Å². The maximum absolute atomic E-state index is 12.2.